The number of benzene rings is 2. The van der Waals surface area contributed by atoms with Crippen molar-refractivity contribution in [2.45, 2.75) is 0 Å². The first-order chi connectivity index (χ1) is 10.3. The van der Waals surface area contributed by atoms with Gasteiger partial charge in [-0.1, -0.05) is 24.3 Å². The number of aromatic amines is 1. The molecule has 3 nitrogen and oxygen atoms in total. The van der Waals surface area contributed by atoms with Gasteiger partial charge in [-0.25, -0.2) is 0 Å². The van der Waals surface area contributed by atoms with Crippen LogP contribution >= 0.6 is 0 Å². The molecule has 4 aromatic rings. The van der Waals surface area contributed by atoms with E-state index in [1.54, 1.807) is 12.3 Å². The summed E-state index contributed by atoms with van der Waals surface area (Å²) in [5.41, 5.74) is 3.86. The summed E-state index contributed by atoms with van der Waals surface area (Å²) in [6.07, 6.45) is 3.52. The molecule has 0 spiro atoms. The van der Waals surface area contributed by atoms with Gasteiger partial charge in [0.05, 0.1) is 5.52 Å². The van der Waals surface area contributed by atoms with Gasteiger partial charge in [-0.15, -0.1) is 0 Å². The predicted molar refractivity (Wildman–Crippen MR) is 85.3 cm³/mol. The quantitative estimate of drug-likeness (QED) is 0.573. The summed E-state index contributed by atoms with van der Waals surface area (Å²) in [7, 11) is 0. The van der Waals surface area contributed by atoms with E-state index in [-0.39, 0.29) is 5.43 Å². The number of hydrogen-bond acceptors (Lipinski definition) is 2. The maximum Gasteiger partial charge on any atom is 0.189 e. The highest BCUT2D eigenvalue weighted by atomic mass is 16.1. The Balaban J connectivity index is 1.95. The van der Waals surface area contributed by atoms with Crippen molar-refractivity contribution in [2.24, 2.45) is 0 Å². The highest BCUT2D eigenvalue weighted by Crippen LogP contribution is 2.24. The number of fused-ring (bicyclic) bond motifs is 2. The Morgan fingerprint density at radius 2 is 1.81 bits per heavy atom. The number of aromatic nitrogens is 2. The lowest BCUT2D eigenvalue weighted by atomic mass is 10.0. The molecule has 2 aromatic carbocycles. The van der Waals surface area contributed by atoms with Gasteiger partial charge in [0.2, 0.25) is 0 Å². The fraction of sp³-hybridized carbons (Fsp3) is 0. The van der Waals surface area contributed by atoms with Gasteiger partial charge in [0.15, 0.2) is 5.43 Å². The Morgan fingerprint density at radius 1 is 0.905 bits per heavy atom. The predicted octanol–water partition coefficient (Wildman–Crippen LogP) is 3.74. The van der Waals surface area contributed by atoms with E-state index in [0.29, 0.717) is 5.39 Å². The van der Waals surface area contributed by atoms with Crippen LogP contribution in [-0.2, 0) is 0 Å². The van der Waals surface area contributed by atoms with Crippen LogP contribution in [-0.4, -0.2) is 9.97 Å². The molecule has 2 aromatic heterocycles. The Morgan fingerprint density at radius 3 is 2.76 bits per heavy atom. The van der Waals surface area contributed by atoms with E-state index in [2.05, 4.69) is 16.0 Å². The van der Waals surface area contributed by atoms with E-state index in [9.17, 15) is 4.79 Å². The largest absolute Gasteiger partial charge is 0.361 e. The maximum absolute atomic E-state index is 11.9. The zero-order valence-electron chi connectivity index (χ0n) is 11.2. The molecule has 21 heavy (non-hydrogen) atoms. The Labute approximate surface area is 120 Å². The summed E-state index contributed by atoms with van der Waals surface area (Å²) in [6.45, 7) is 0. The Bertz CT molecular complexity index is 1020. The van der Waals surface area contributed by atoms with Crippen LogP contribution in [0.2, 0.25) is 0 Å². The van der Waals surface area contributed by atoms with Crippen LogP contribution in [0, 0.1) is 0 Å². The smallest absolute Gasteiger partial charge is 0.189 e. The number of hydrogen-bond donors (Lipinski definition) is 1. The molecule has 0 aliphatic heterocycles. The second kappa shape index (κ2) is 4.56. The maximum atomic E-state index is 11.9. The van der Waals surface area contributed by atoms with Crippen molar-refractivity contribution in [3.05, 3.63) is 77.2 Å². The molecule has 100 valence electrons. The first kappa shape index (κ1) is 11.9. The minimum Gasteiger partial charge on any atom is -0.361 e. The minimum absolute atomic E-state index is 0.0272. The zero-order valence-corrected chi connectivity index (χ0v) is 11.2. The van der Waals surface area contributed by atoms with E-state index in [1.807, 2.05) is 48.7 Å². The molecule has 3 heteroatoms. The lowest BCUT2D eigenvalue weighted by Crippen LogP contribution is -1.99. The molecule has 4 rings (SSSR count). The second-order valence-electron chi connectivity index (χ2n) is 5.02. The number of pyridine rings is 2. The molecule has 0 aliphatic carbocycles. The standard InChI is InChI=1S/C18H12N2O/c21-18-7-8-19-17-6-5-12(10-15(17)18)14-9-13-3-1-2-4-16(13)20-11-14/h1-11H,(H,19,21). The van der Waals surface area contributed by atoms with E-state index < -0.39 is 0 Å². The zero-order chi connectivity index (χ0) is 14.2. The monoisotopic (exact) mass is 272 g/mol. The molecule has 0 radical (unpaired) electrons. The fourth-order valence-electron chi connectivity index (χ4n) is 2.58. The average Bonchev–Trinajstić information content (AvgIpc) is 2.54. The van der Waals surface area contributed by atoms with Crippen molar-refractivity contribution in [3.63, 3.8) is 0 Å². The molecule has 0 unspecified atom stereocenters. The van der Waals surface area contributed by atoms with Gasteiger partial charge >= 0.3 is 0 Å². The van der Waals surface area contributed by atoms with E-state index in [0.717, 1.165) is 27.5 Å². The molecule has 0 saturated carbocycles. The molecular formula is C18H12N2O. The summed E-state index contributed by atoms with van der Waals surface area (Å²) in [4.78, 5) is 19.5. The minimum atomic E-state index is 0.0272. The molecule has 2 heterocycles. The van der Waals surface area contributed by atoms with Crippen LogP contribution in [0.25, 0.3) is 32.9 Å². The van der Waals surface area contributed by atoms with Crippen molar-refractivity contribution in [3.8, 4) is 11.1 Å². The summed E-state index contributed by atoms with van der Waals surface area (Å²) in [6, 6.07) is 17.5. The van der Waals surface area contributed by atoms with Gasteiger partial charge < -0.3 is 4.98 Å². The SMILES string of the molecule is O=c1cc[nH]c2ccc(-c3cnc4ccccc4c3)cc12. The number of rotatable bonds is 1. The number of nitrogens with zero attached hydrogens (tertiary/aromatic N) is 1. The molecule has 0 aliphatic rings. The van der Waals surface area contributed by atoms with Gasteiger partial charge in [-0.05, 0) is 29.8 Å². The summed E-state index contributed by atoms with van der Waals surface area (Å²) in [5.74, 6) is 0. The molecule has 0 atom stereocenters. The van der Waals surface area contributed by atoms with E-state index >= 15 is 0 Å². The van der Waals surface area contributed by atoms with Crippen molar-refractivity contribution in [1.29, 1.82) is 0 Å². The van der Waals surface area contributed by atoms with Gasteiger partial charge in [-0.3, -0.25) is 9.78 Å². The van der Waals surface area contributed by atoms with Gasteiger partial charge in [0.25, 0.3) is 0 Å². The van der Waals surface area contributed by atoms with Crippen LogP contribution in [0.4, 0.5) is 0 Å². The lowest BCUT2D eigenvalue weighted by molar-refractivity contribution is 1.38. The Hall–Kier alpha value is -2.94. The van der Waals surface area contributed by atoms with Crippen LogP contribution in [0.1, 0.15) is 0 Å². The third-order valence-electron chi connectivity index (χ3n) is 3.68. The molecule has 0 bridgehead atoms. The summed E-state index contributed by atoms with van der Waals surface area (Å²) in [5, 5.41) is 1.79. The van der Waals surface area contributed by atoms with Crippen molar-refractivity contribution in [2.75, 3.05) is 0 Å². The number of H-pyrrole nitrogens is 1. The molecule has 1 N–H and O–H groups in total. The molecule has 0 amide bonds. The Kier molecular flexibility index (Phi) is 2.57. The van der Waals surface area contributed by atoms with Crippen molar-refractivity contribution >= 4 is 21.8 Å². The lowest BCUT2D eigenvalue weighted by Gasteiger charge is -2.05. The fourth-order valence-corrected chi connectivity index (χ4v) is 2.58. The molecular weight excluding hydrogens is 260 g/mol. The average molecular weight is 272 g/mol. The highest BCUT2D eigenvalue weighted by molar-refractivity contribution is 5.87. The van der Waals surface area contributed by atoms with Crippen molar-refractivity contribution in [1.82, 2.24) is 9.97 Å². The van der Waals surface area contributed by atoms with Crippen LogP contribution in [0.15, 0.2) is 71.8 Å². The summed E-state index contributed by atoms with van der Waals surface area (Å²) >= 11 is 0. The second-order valence-corrected chi connectivity index (χ2v) is 5.02. The normalized spacial score (nSPS) is 11.0. The topological polar surface area (TPSA) is 45.8 Å². The van der Waals surface area contributed by atoms with Gasteiger partial charge in [-0.2, -0.15) is 0 Å². The third-order valence-corrected chi connectivity index (χ3v) is 3.68. The molecule has 0 saturated heterocycles. The first-order valence-electron chi connectivity index (χ1n) is 6.78. The number of para-hydroxylation sites is 1. The van der Waals surface area contributed by atoms with E-state index in [4.69, 9.17) is 0 Å². The summed E-state index contributed by atoms with van der Waals surface area (Å²) < 4.78 is 0. The number of nitrogens with one attached hydrogen (secondary N) is 1. The highest BCUT2D eigenvalue weighted by Gasteiger charge is 2.04. The van der Waals surface area contributed by atoms with Gasteiger partial charge in [0, 0.05) is 40.3 Å². The van der Waals surface area contributed by atoms with Crippen LogP contribution < -0.4 is 5.43 Å². The van der Waals surface area contributed by atoms with E-state index in [1.165, 1.54) is 0 Å². The van der Waals surface area contributed by atoms with Gasteiger partial charge in [0.1, 0.15) is 0 Å². The van der Waals surface area contributed by atoms with Crippen molar-refractivity contribution < 1.29 is 0 Å². The third kappa shape index (κ3) is 1.99. The van der Waals surface area contributed by atoms with Crippen LogP contribution in [0.3, 0.4) is 0 Å². The van der Waals surface area contributed by atoms with Crippen LogP contribution in [0.5, 0.6) is 0 Å². The first-order valence-corrected chi connectivity index (χ1v) is 6.78. The molecule has 0 fully saturated rings.